The summed E-state index contributed by atoms with van der Waals surface area (Å²) in [7, 11) is 0. The summed E-state index contributed by atoms with van der Waals surface area (Å²) in [5.74, 6) is 0. The molecule has 1 saturated carbocycles. The third-order valence-electron chi connectivity index (χ3n) is 6.61. The summed E-state index contributed by atoms with van der Waals surface area (Å²) in [5, 5.41) is 3.60. The molecule has 0 spiro atoms. The van der Waals surface area contributed by atoms with Crippen molar-refractivity contribution in [3.63, 3.8) is 0 Å². The molecule has 0 radical (unpaired) electrons. The highest BCUT2D eigenvalue weighted by Crippen LogP contribution is 2.36. The molecule has 0 aliphatic heterocycles. The van der Waals surface area contributed by atoms with E-state index < -0.39 is 0 Å². The van der Waals surface area contributed by atoms with Gasteiger partial charge in [-0.2, -0.15) is 0 Å². The molecular weight excluding hydrogens is 392 g/mol. The number of hydrogen-bond donors (Lipinski definition) is 1. The lowest BCUT2D eigenvalue weighted by molar-refractivity contribution is 0.195. The molecule has 2 atom stereocenters. The van der Waals surface area contributed by atoms with Gasteiger partial charge in [0.2, 0.25) is 0 Å². The van der Waals surface area contributed by atoms with Crippen LogP contribution in [0.4, 0.5) is 0 Å². The Kier molecular flexibility index (Phi) is 11.2. The highest BCUT2D eigenvalue weighted by atomic mass is 15.1. The van der Waals surface area contributed by atoms with E-state index in [0.717, 1.165) is 24.1 Å². The third kappa shape index (κ3) is 7.59. The minimum absolute atomic E-state index is 0.0750. The Morgan fingerprint density at radius 1 is 1.25 bits per heavy atom. The van der Waals surface area contributed by atoms with Gasteiger partial charge in [-0.15, -0.1) is 0 Å². The van der Waals surface area contributed by atoms with Crippen LogP contribution in [0.15, 0.2) is 83.3 Å². The third-order valence-corrected chi connectivity index (χ3v) is 6.61. The summed E-state index contributed by atoms with van der Waals surface area (Å²) in [5.41, 5.74) is 2.04. The maximum Gasteiger partial charge on any atom is 0.0894 e. The van der Waals surface area contributed by atoms with E-state index in [4.69, 9.17) is 4.99 Å². The van der Waals surface area contributed by atoms with Crippen molar-refractivity contribution in [2.45, 2.75) is 77.8 Å². The van der Waals surface area contributed by atoms with Gasteiger partial charge in [-0.25, -0.2) is 0 Å². The Morgan fingerprint density at radius 2 is 2.03 bits per heavy atom. The normalized spacial score (nSPS) is 23.7. The lowest BCUT2D eigenvalue weighted by Crippen LogP contribution is -2.40. The first kappa shape index (κ1) is 25.8. The molecule has 0 saturated heterocycles. The van der Waals surface area contributed by atoms with E-state index in [0.29, 0.717) is 18.8 Å². The van der Waals surface area contributed by atoms with Crippen molar-refractivity contribution in [2.24, 2.45) is 15.4 Å². The quantitative estimate of drug-likeness (QED) is 0.273. The van der Waals surface area contributed by atoms with Gasteiger partial charge in [-0.05, 0) is 63.2 Å². The van der Waals surface area contributed by atoms with Gasteiger partial charge in [-0.1, -0.05) is 70.1 Å². The summed E-state index contributed by atoms with van der Waals surface area (Å²) in [6, 6.07) is 0.911. The van der Waals surface area contributed by atoms with Crippen molar-refractivity contribution in [1.82, 2.24) is 10.2 Å². The highest BCUT2D eigenvalue weighted by Gasteiger charge is 2.33. The minimum atomic E-state index is 0.0750. The fourth-order valence-electron chi connectivity index (χ4n) is 4.73. The molecule has 0 amide bonds. The molecule has 2 aliphatic rings. The van der Waals surface area contributed by atoms with Crippen LogP contribution in [-0.2, 0) is 0 Å². The first-order valence-corrected chi connectivity index (χ1v) is 12.1. The second-order valence-electron chi connectivity index (χ2n) is 8.85. The van der Waals surface area contributed by atoms with Gasteiger partial charge >= 0.3 is 0 Å². The zero-order chi connectivity index (χ0) is 23.2. The summed E-state index contributed by atoms with van der Waals surface area (Å²) < 4.78 is 0. The monoisotopic (exact) mass is 434 g/mol. The van der Waals surface area contributed by atoms with Crippen LogP contribution in [-0.4, -0.2) is 36.1 Å². The van der Waals surface area contributed by atoms with Crippen molar-refractivity contribution in [1.29, 1.82) is 0 Å². The van der Waals surface area contributed by atoms with Crippen molar-refractivity contribution < 1.29 is 0 Å². The number of nitrogens with zero attached hydrogens (tertiary/aromatic N) is 3. The van der Waals surface area contributed by atoms with Crippen molar-refractivity contribution in [2.75, 3.05) is 6.67 Å². The van der Waals surface area contributed by atoms with Crippen molar-refractivity contribution >= 4 is 12.4 Å². The van der Waals surface area contributed by atoms with Crippen LogP contribution in [0.1, 0.15) is 65.7 Å². The fraction of sp³-hybridized carbons (Fsp3) is 0.500. The molecule has 0 aromatic carbocycles. The molecule has 4 heteroatoms. The lowest BCUT2D eigenvalue weighted by Gasteiger charge is -2.41. The van der Waals surface area contributed by atoms with Gasteiger partial charge in [0, 0.05) is 29.9 Å². The molecule has 0 bridgehead atoms. The van der Waals surface area contributed by atoms with Crippen LogP contribution in [0.3, 0.4) is 0 Å². The number of rotatable bonds is 12. The van der Waals surface area contributed by atoms with Crippen LogP contribution in [0.5, 0.6) is 0 Å². The molecule has 2 aliphatic carbocycles. The molecule has 1 fully saturated rings. The molecule has 1 N–H and O–H groups in total. The Balaban J connectivity index is 2.15. The minimum Gasteiger partial charge on any atom is -0.351 e. The Morgan fingerprint density at radius 3 is 2.62 bits per heavy atom. The highest BCUT2D eigenvalue weighted by molar-refractivity contribution is 6.10. The van der Waals surface area contributed by atoms with E-state index in [2.05, 4.69) is 85.0 Å². The second kappa shape index (κ2) is 13.8. The molecule has 174 valence electrons. The van der Waals surface area contributed by atoms with Gasteiger partial charge < -0.3 is 4.90 Å². The molecule has 32 heavy (non-hydrogen) atoms. The Hall–Kier alpha value is -2.46. The van der Waals surface area contributed by atoms with Gasteiger partial charge in [0.05, 0.1) is 12.4 Å². The second-order valence-corrected chi connectivity index (χ2v) is 8.85. The SMILES string of the molecule is C=CN(\C=C/C(=C\C)C(/C=C\N=C)=N\CNC1CCCCC1)C(CC)C1(C)C=CC=CC1. The van der Waals surface area contributed by atoms with E-state index in [1.165, 1.54) is 32.1 Å². The first-order valence-electron chi connectivity index (χ1n) is 12.1. The maximum atomic E-state index is 4.85. The van der Waals surface area contributed by atoms with Crippen LogP contribution < -0.4 is 5.32 Å². The molecule has 0 aromatic heterocycles. The summed E-state index contributed by atoms with van der Waals surface area (Å²) in [6.07, 6.45) is 29.3. The predicted molar refractivity (Wildman–Crippen MR) is 141 cm³/mol. The largest absolute Gasteiger partial charge is 0.351 e. The molecule has 2 unspecified atom stereocenters. The smallest absolute Gasteiger partial charge is 0.0894 e. The van der Waals surface area contributed by atoms with E-state index in [1.54, 1.807) is 6.20 Å². The molecule has 2 rings (SSSR count). The van der Waals surface area contributed by atoms with Gasteiger partial charge in [-0.3, -0.25) is 15.3 Å². The first-order chi connectivity index (χ1) is 15.6. The molecule has 0 aromatic rings. The summed E-state index contributed by atoms with van der Waals surface area (Å²) in [6.45, 7) is 14.9. The number of aliphatic imine (C=N–C) groups is 2. The topological polar surface area (TPSA) is 40.0 Å². The molecule has 0 heterocycles. The van der Waals surface area contributed by atoms with Gasteiger partial charge in [0.15, 0.2) is 0 Å². The van der Waals surface area contributed by atoms with E-state index in [9.17, 15) is 0 Å². The van der Waals surface area contributed by atoms with Crippen LogP contribution in [0.25, 0.3) is 0 Å². The fourth-order valence-corrected chi connectivity index (χ4v) is 4.73. The number of allylic oxidation sites excluding steroid dienone is 7. The zero-order valence-electron chi connectivity index (χ0n) is 20.3. The maximum absolute atomic E-state index is 4.85. The van der Waals surface area contributed by atoms with Crippen molar-refractivity contribution in [3.05, 3.63) is 73.3 Å². The molecular formula is C28H42N4. The van der Waals surface area contributed by atoms with Gasteiger partial charge in [0.1, 0.15) is 0 Å². The average molecular weight is 435 g/mol. The summed E-state index contributed by atoms with van der Waals surface area (Å²) >= 11 is 0. The number of hydrogen-bond acceptors (Lipinski definition) is 4. The predicted octanol–water partition coefficient (Wildman–Crippen LogP) is 6.73. The lowest BCUT2D eigenvalue weighted by atomic mass is 9.75. The van der Waals surface area contributed by atoms with Crippen LogP contribution >= 0.6 is 0 Å². The zero-order valence-corrected chi connectivity index (χ0v) is 20.3. The van der Waals surface area contributed by atoms with Crippen LogP contribution in [0, 0.1) is 5.41 Å². The van der Waals surface area contributed by atoms with E-state index in [-0.39, 0.29) is 5.41 Å². The number of nitrogens with one attached hydrogen (secondary N) is 1. The Labute approximate surface area is 196 Å². The average Bonchev–Trinajstić information content (AvgIpc) is 2.82. The van der Waals surface area contributed by atoms with E-state index >= 15 is 0 Å². The van der Waals surface area contributed by atoms with Crippen molar-refractivity contribution in [3.8, 4) is 0 Å². The molecule has 4 nitrogen and oxygen atoms in total. The summed E-state index contributed by atoms with van der Waals surface area (Å²) in [4.78, 5) is 11.0. The standard InChI is InChI=1S/C28H42N4/c1-6-24(26(17-21-29-5)31-23-30-25-15-11-9-12-16-25)18-22-32(8-3)27(7-2)28(4)19-13-10-14-20-28/h6,8,10,13-14,17-19,21-22,25,27,30H,3,5,7,9,11-12,15-16,20,23H2,1-2,4H3/b21-17-,22-18-,24-6+,31-26-. The Bertz CT molecular complexity index is 777. The van der Waals surface area contributed by atoms with Crippen LogP contribution in [0.2, 0.25) is 0 Å². The van der Waals surface area contributed by atoms with Gasteiger partial charge in [0.25, 0.3) is 0 Å². The van der Waals surface area contributed by atoms with E-state index in [1.807, 2.05) is 19.2 Å².